The molecule has 0 aliphatic rings. The van der Waals surface area contributed by atoms with Crippen LogP contribution in [0.1, 0.15) is 25.8 Å². The zero-order chi connectivity index (χ0) is 13.7. The van der Waals surface area contributed by atoms with Crippen LogP contribution in [0.3, 0.4) is 0 Å². The molecule has 0 aromatic heterocycles. The summed E-state index contributed by atoms with van der Waals surface area (Å²) in [5.41, 5.74) is 1.10. The second kappa shape index (κ2) is 6.85. The summed E-state index contributed by atoms with van der Waals surface area (Å²) in [4.78, 5) is 12.7. The zero-order valence-electron chi connectivity index (χ0n) is 11.0. The van der Waals surface area contributed by atoms with Crippen molar-refractivity contribution in [3.05, 3.63) is 38.3 Å². The van der Waals surface area contributed by atoms with Gasteiger partial charge >= 0.3 is 0 Å². The highest BCUT2D eigenvalue weighted by Crippen LogP contribution is 2.26. The van der Waals surface area contributed by atoms with E-state index in [2.05, 4.69) is 34.7 Å². The van der Waals surface area contributed by atoms with Crippen molar-refractivity contribution in [1.82, 2.24) is 4.90 Å². The van der Waals surface area contributed by atoms with Crippen LogP contribution in [-0.4, -0.2) is 23.4 Å². The Bertz CT molecular complexity index is 423. The van der Waals surface area contributed by atoms with E-state index >= 15 is 0 Å². The van der Waals surface area contributed by atoms with E-state index in [9.17, 15) is 10.1 Å². The van der Waals surface area contributed by atoms with Crippen molar-refractivity contribution in [3.8, 4) is 0 Å². The molecule has 0 aliphatic carbocycles. The minimum absolute atomic E-state index is 0.129. The summed E-state index contributed by atoms with van der Waals surface area (Å²) < 4.78 is 0.529. The van der Waals surface area contributed by atoms with Gasteiger partial charge in [0.25, 0.3) is 5.69 Å². The molecule has 100 valence electrons. The Balaban J connectivity index is 2.73. The zero-order valence-corrected chi connectivity index (χ0v) is 12.6. The Hall–Kier alpha value is -0.940. The number of halogens is 1. The fourth-order valence-electron chi connectivity index (χ4n) is 1.83. The molecule has 0 fully saturated rings. The lowest BCUT2D eigenvalue weighted by atomic mass is 10.1. The van der Waals surface area contributed by atoms with Crippen LogP contribution in [0, 0.1) is 16.0 Å². The van der Waals surface area contributed by atoms with Gasteiger partial charge in [-0.15, -0.1) is 0 Å². The van der Waals surface area contributed by atoms with Gasteiger partial charge in [-0.3, -0.25) is 10.1 Å². The molecule has 1 atom stereocenters. The maximum absolute atomic E-state index is 10.8. The summed E-state index contributed by atoms with van der Waals surface area (Å²) in [5.74, 6) is 0.639. The second-order valence-electron chi connectivity index (χ2n) is 4.75. The molecule has 0 spiro atoms. The SMILES string of the molecule is CCC(C)CN(C)Cc1ccc(Br)c([N+](=O)[O-])c1. The van der Waals surface area contributed by atoms with Crippen LogP contribution in [0.5, 0.6) is 0 Å². The normalized spacial score (nSPS) is 12.7. The number of benzene rings is 1. The van der Waals surface area contributed by atoms with E-state index in [1.807, 2.05) is 13.1 Å². The van der Waals surface area contributed by atoms with Crippen LogP contribution in [0.2, 0.25) is 0 Å². The minimum atomic E-state index is -0.359. The van der Waals surface area contributed by atoms with E-state index in [0.29, 0.717) is 10.4 Å². The topological polar surface area (TPSA) is 46.4 Å². The molecule has 18 heavy (non-hydrogen) atoms. The molecule has 0 bridgehead atoms. The molecular formula is C13H19BrN2O2. The van der Waals surface area contributed by atoms with E-state index in [0.717, 1.165) is 25.1 Å². The average Bonchev–Trinajstić information content (AvgIpc) is 2.31. The predicted octanol–water partition coefficient (Wildman–Crippen LogP) is 3.84. The summed E-state index contributed by atoms with van der Waals surface area (Å²) in [7, 11) is 2.04. The molecule has 1 aromatic rings. The van der Waals surface area contributed by atoms with E-state index < -0.39 is 0 Å². The van der Waals surface area contributed by atoms with Gasteiger partial charge < -0.3 is 4.90 Å². The molecule has 0 radical (unpaired) electrons. The largest absolute Gasteiger partial charge is 0.302 e. The van der Waals surface area contributed by atoms with Crippen molar-refractivity contribution in [2.45, 2.75) is 26.8 Å². The van der Waals surface area contributed by atoms with Gasteiger partial charge in [-0.2, -0.15) is 0 Å². The highest BCUT2D eigenvalue weighted by Gasteiger charge is 2.13. The third kappa shape index (κ3) is 4.38. The summed E-state index contributed by atoms with van der Waals surface area (Å²) in [5, 5.41) is 10.8. The summed E-state index contributed by atoms with van der Waals surface area (Å²) >= 11 is 3.19. The van der Waals surface area contributed by atoms with E-state index in [1.54, 1.807) is 12.1 Å². The Morgan fingerprint density at radius 1 is 1.50 bits per heavy atom. The van der Waals surface area contributed by atoms with Gasteiger partial charge in [0.15, 0.2) is 0 Å². The van der Waals surface area contributed by atoms with E-state index in [4.69, 9.17) is 0 Å². The van der Waals surface area contributed by atoms with Crippen molar-refractivity contribution in [2.24, 2.45) is 5.92 Å². The van der Waals surface area contributed by atoms with Crippen LogP contribution < -0.4 is 0 Å². The molecule has 0 aliphatic heterocycles. The average molecular weight is 315 g/mol. The van der Waals surface area contributed by atoms with Crippen LogP contribution in [0.25, 0.3) is 0 Å². The highest BCUT2D eigenvalue weighted by atomic mass is 79.9. The van der Waals surface area contributed by atoms with Crippen molar-refractivity contribution < 1.29 is 4.92 Å². The first kappa shape index (κ1) is 15.1. The van der Waals surface area contributed by atoms with Crippen LogP contribution in [0.4, 0.5) is 5.69 Å². The first-order valence-electron chi connectivity index (χ1n) is 6.05. The molecule has 5 heteroatoms. The van der Waals surface area contributed by atoms with Crippen LogP contribution >= 0.6 is 15.9 Å². The van der Waals surface area contributed by atoms with Gasteiger partial charge in [0.05, 0.1) is 9.40 Å². The van der Waals surface area contributed by atoms with Crippen molar-refractivity contribution in [3.63, 3.8) is 0 Å². The molecule has 0 heterocycles. The number of nitro benzene ring substituents is 1. The van der Waals surface area contributed by atoms with Gasteiger partial charge in [0.2, 0.25) is 0 Å². The smallest absolute Gasteiger partial charge is 0.283 e. The molecule has 0 saturated heterocycles. The maximum Gasteiger partial charge on any atom is 0.283 e. The summed E-state index contributed by atoms with van der Waals surface area (Å²) in [6.07, 6.45) is 1.14. The predicted molar refractivity (Wildman–Crippen MR) is 76.6 cm³/mol. The molecule has 0 saturated carbocycles. The molecule has 4 nitrogen and oxygen atoms in total. The third-order valence-electron chi connectivity index (χ3n) is 2.98. The molecule has 1 rings (SSSR count). The van der Waals surface area contributed by atoms with Crippen molar-refractivity contribution in [2.75, 3.05) is 13.6 Å². The first-order valence-corrected chi connectivity index (χ1v) is 6.84. The Morgan fingerprint density at radius 3 is 2.72 bits per heavy atom. The minimum Gasteiger partial charge on any atom is -0.302 e. The summed E-state index contributed by atoms with van der Waals surface area (Å²) in [6.45, 7) is 6.11. The van der Waals surface area contributed by atoms with Gasteiger partial charge in [-0.1, -0.05) is 26.3 Å². The first-order chi connectivity index (χ1) is 8.43. The molecular weight excluding hydrogens is 296 g/mol. The van der Waals surface area contributed by atoms with Crippen LogP contribution in [-0.2, 0) is 6.54 Å². The van der Waals surface area contributed by atoms with E-state index in [-0.39, 0.29) is 10.6 Å². The lowest BCUT2D eigenvalue weighted by Gasteiger charge is -2.20. The van der Waals surface area contributed by atoms with Crippen LogP contribution in [0.15, 0.2) is 22.7 Å². The monoisotopic (exact) mass is 314 g/mol. The molecule has 0 amide bonds. The number of nitro groups is 1. The number of hydrogen-bond donors (Lipinski definition) is 0. The number of nitrogens with zero attached hydrogens (tertiary/aromatic N) is 2. The molecule has 1 unspecified atom stereocenters. The third-order valence-corrected chi connectivity index (χ3v) is 3.65. The number of hydrogen-bond acceptors (Lipinski definition) is 3. The fourth-order valence-corrected chi connectivity index (χ4v) is 2.23. The quantitative estimate of drug-likeness (QED) is 0.592. The maximum atomic E-state index is 10.8. The van der Waals surface area contributed by atoms with Crippen molar-refractivity contribution >= 4 is 21.6 Å². The van der Waals surface area contributed by atoms with Gasteiger partial charge in [0, 0.05) is 19.2 Å². The highest BCUT2D eigenvalue weighted by molar-refractivity contribution is 9.10. The van der Waals surface area contributed by atoms with E-state index in [1.165, 1.54) is 0 Å². The van der Waals surface area contributed by atoms with Gasteiger partial charge in [-0.05, 0) is 40.5 Å². The fraction of sp³-hybridized carbons (Fsp3) is 0.538. The molecule has 0 N–H and O–H groups in total. The Kier molecular flexibility index (Phi) is 5.75. The van der Waals surface area contributed by atoms with Gasteiger partial charge in [-0.25, -0.2) is 0 Å². The van der Waals surface area contributed by atoms with Crippen molar-refractivity contribution in [1.29, 1.82) is 0 Å². The summed E-state index contributed by atoms with van der Waals surface area (Å²) in [6, 6.07) is 5.30. The second-order valence-corrected chi connectivity index (χ2v) is 5.61. The van der Waals surface area contributed by atoms with Gasteiger partial charge in [0.1, 0.15) is 0 Å². The Labute approximate surface area is 116 Å². The number of rotatable bonds is 6. The Morgan fingerprint density at radius 2 is 2.17 bits per heavy atom. The lowest BCUT2D eigenvalue weighted by Crippen LogP contribution is -2.23. The standard InChI is InChI=1S/C13H19BrN2O2/c1-4-10(2)8-15(3)9-11-5-6-12(14)13(7-11)16(17)18/h5-7,10H,4,8-9H2,1-3H3. The molecule has 1 aromatic carbocycles. The lowest BCUT2D eigenvalue weighted by molar-refractivity contribution is -0.385.